The number of thioether (sulfide) groups is 1. The van der Waals surface area contributed by atoms with Gasteiger partial charge >= 0.3 is 5.97 Å². The highest BCUT2D eigenvalue weighted by Gasteiger charge is 2.58. The zero-order chi connectivity index (χ0) is 16.0. The molecule has 0 aromatic carbocycles. The van der Waals surface area contributed by atoms with E-state index in [1.807, 2.05) is 0 Å². The summed E-state index contributed by atoms with van der Waals surface area (Å²) in [5, 5.41) is 19.2. The van der Waals surface area contributed by atoms with Crippen molar-refractivity contribution in [1.29, 1.82) is 0 Å². The van der Waals surface area contributed by atoms with E-state index in [1.165, 1.54) is 29.9 Å². The van der Waals surface area contributed by atoms with Crippen LogP contribution in [0.15, 0.2) is 18.2 Å². The minimum absolute atomic E-state index is 0.0615. The number of rotatable bonds is 5. The molecule has 0 aliphatic carbocycles. The summed E-state index contributed by atoms with van der Waals surface area (Å²) in [6.45, 7) is 1.99. The van der Waals surface area contributed by atoms with Crippen molar-refractivity contribution in [3.8, 4) is 0 Å². The van der Waals surface area contributed by atoms with E-state index in [9.17, 15) is 19.8 Å². The normalized spacial score (nSPS) is 25.2. The molecule has 0 saturated carbocycles. The third-order valence-electron chi connectivity index (χ3n) is 3.75. The van der Waals surface area contributed by atoms with Crippen molar-refractivity contribution in [2.24, 2.45) is 11.7 Å². The van der Waals surface area contributed by atoms with Crippen molar-refractivity contribution in [3.63, 3.8) is 0 Å². The molecular weight excluding hydrogens is 308 g/mol. The molecule has 8 nitrogen and oxygen atoms in total. The third-order valence-corrected chi connectivity index (χ3v) is 5.13. The van der Waals surface area contributed by atoms with Gasteiger partial charge in [-0.05, 0) is 13.5 Å². The summed E-state index contributed by atoms with van der Waals surface area (Å²) in [7, 11) is 0. The van der Waals surface area contributed by atoms with E-state index >= 15 is 0 Å². The maximum Gasteiger partial charge on any atom is 0.355 e. The highest BCUT2D eigenvalue weighted by Crippen LogP contribution is 2.51. The van der Waals surface area contributed by atoms with Crippen LogP contribution in [-0.4, -0.2) is 54.6 Å². The average molecular weight is 324 g/mol. The maximum atomic E-state index is 12.1. The first-order valence-electron chi connectivity index (χ1n) is 6.84. The van der Waals surface area contributed by atoms with Crippen LogP contribution in [0.3, 0.4) is 0 Å². The van der Waals surface area contributed by atoms with Gasteiger partial charge in [0.1, 0.15) is 10.4 Å². The number of amides is 1. The van der Waals surface area contributed by atoms with Gasteiger partial charge in [-0.1, -0.05) is 11.8 Å². The Kier molecular flexibility index (Phi) is 3.71. The summed E-state index contributed by atoms with van der Waals surface area (Å²) in [4.78, 5) is 29.1. The van der Waals surface area contributed by atoms with E-state index in [-0.39, 0.29) is 17.0 Å². The first kappa shape index (κ1) is 15.1. The number of imidazole rings is 1. The molecule has 1 saturated heterocycles. The van der Waals surface area contributed by atoms with Crippen LogP contribution in [0.4, 0.5) is 0 Å². The lowest BCUT2D eigenvalue weighted by Crippen LogP contribution is -2.60. The number of carboxylic acids is 1. The first-order chi connectivity index (χ1) is 10.5. The number of fused-ring (bicyclic) bond motifs is 1. The quantitative estimate of drug-likeness (QED) is 0.625. The van der Waals surface area contributed by atoms with Gasteiger partial charge in [0.2, 0.25) is 5.91 Å². The van der Waals surface area contributed by atoms with Crippen LogP contribution in [0.25, 0.3) is 5.03 Å². The predicted molar refractivity (Wildman–Crippen MR) is 79.2 cm³/mol. The van der Waals surface area contributed by atoms with E-state index < -0.39 is 18.0 Å². The third kappa shape index (κ3) is 2.13. The number of nitrogens with zero attached hydrogens (tertiary/aromatic N) is 3. The lowest BCUT2D eigenvalue weighted by atomic mass is 9.92. The van der Waals surface area contributed by atoms with E-state index in [0.29, 0.717) is 18.0 Å². The monoisotopic (exact) mass is 324 g/mol. The molecule has 2 aliphatic heterocycles. The van der Waals surface area contributed by atoms with Crippen LogP contribution >= 0.6 is 11.8 Å². The van der Waals surface area contributed by atoms with E-state index in [4.69, 9.17) is 5.73 Å². The molecule has 0 radical (unpaired) electrons. The predicted octanol–water partition coefficient (Wildman–Crippen LogP) is -0.493. The Morgan fingerprint density at radius 3 is 2.91 bits per heavy atom. The lowest BCUT2D eigenvalue weighted by Gasteiger charge is -2.43. The number of aliphatic carboxylic acids is 1. The van der Waals surface area contributed by atoms with Crippen LogP contribution in [0, 0.1) is 5.92 Å². The van der Waals surface area contributed by atoms with Gasteiger partial charge < -0.3 is 15.9 Å². The number of β-lactam (4-membered cyclic amide) rings is 1. The molecule has 118 valence electrons. The van der Waals surface area contributed by atoms with Gasteiger partial charge in [0.05, 0.1) is 24.0 Å². The molecule has 2 aliphatic rings. The number of carbonyl (C=O) groups excluding carboxylic acids is 1. The fourth-order valence-electron chi connectivity index (χ4n) is 2.70. The second kappa shape index (κ2) is 5.41. The maximum absolute atomic E-state index is 12.1. The molecule has 1 amide bonds. The van der Waals surface area contributed by atoms with Crippen LogP contribution in [-0.2, 0) is 16.0 Å². The molecule has 22 heavy (non-hydrogen) atoms. The van der Waals surface area contributed by atoms with E-state index in [1.54, 1.807) is 10.8 Å². The number of aliphatic hydroxyl groups excluding tert-OH is 1. The molecule has 3 rings (SSSR count). The van der Waals surface area contributed by atoms with Crippen molar-refractivity contribution in [2.45, 2.75) is 24.8 Å². The van der Waals surface area contributed by atoms with Crippen LogP contribution in [0.1, 0.15) is 12.6 Å². The fraction of sp³-hybridized carbons (Fsp3) is 0.462. The number of hydrogen-bond donors (Lipinski definition) is 3. The number of aliphatic hydroxyl groups is 1. The smallest absolute Gasteiger partial charge is 0.355 e. The molecule has 0 bridgehead atoms. The van der Waals surface area contributed by atoms with Gasteiger partial charge in [-0.25, -0.2) is 9.78 Å². The number of hydrogen-bond acceptors (Lipinski definition) is 6. The molecule has 3 heterocycles. The van der Waals surface area contributed by atoms with Crippen LogP contribution in [0.5, 0.6) is 0 Å². The Bertz CT molecular complexity index is 669. The van der Waals surface area contributed by atoms with Crippen molar-refractivity contribution < 1.29 is 19.8 Å². The Balaban J connectivity index is 1.96. The molecule has 4 N–H and O–H groups in total. The Labute approximate surface area is 130 Å². The van der Waals surface area contributed by atoms with Gasteiger partial charge in [-0.15, -0.1) is 0 Å². The summed E-state index contributed by atoms with van der Waals surface area (Å²) in [6.07, 6.45) is 3.01. The second-order valence-corrected chi connectivity index (χ2v) is 6.36. The van der Waals surface area contributed by atoms with Crippen LogP contribution in [0.2, 0.25) is 0 Å². The summed E-state index contributed by atoms with van der Waals surface area (Å²) in [5.41, 5.74) is 6.18. The Hall–Kier alpha value is -1.84. The molecule has 1 aromatic rings. The van der Waals surface area contributed by atoms with Gasteiger partial charge in [-0.3, -0.25) is 14.3 Å². The van der Waals surface area contributed by atoms with E-state index in [0.717, 1.165) is 5.69 Å². The van der Waals surface area contributed by atoms with Crippen molar-refractivity contribution in [1.82, 2.24) is 14.5 Å². The van der Waals surface area contributed by atoms with Crippen molar-refractivity contribution in [3.05, 3.63) is 23.9 Å². The fourth-order valence-corrected chi connectivity index (χ4v) is 4.25. The summed E-state index contributed by atoms with van der Waals surface area (Å²) >= 11 is 1.26. The van der Waals surface area contributed by atoms with Gasteiger partial charge in [0.25, 0.3) is 0 Å². The molecule has 1 fully saturated rings. The lowest BCUT2D eigenvalue weighted by molar-refractivity contribution is -0.156. The van der Waals surface area contributed by atoms with Gasteiger partial charge in [-0.2, -0.15) is 0 Å². The molecule has 1 aromatic heterocycles. The summed E-state index contributed by atoms with van der Waals surface area (Å²) in [6, 6.07) is 0. The van der Waals surface area contributed by atoms with Crippen LogP contribution < -0.4 is 5.73 Å². The highest BCUT2D eigenvalue weighted by molar-refractivity contribution is 8.08. The summed E-state index contributed by atoms with van der Waals surface area (Å²) in [5.74, 6) is -2.11. The van der Waals surface area contributed by atoms with E-state index in [2.05, 4.69) is 4.98 Å². The molecule has 3 atom stereocenters. The Morgan fingerprint density at radius 1 is 1.59 bits per heavy atom. The zero-order valence-electron chi connectivity index (χ0n) is 11.8. The van der Waals surface area contributed by atoms with Gasteiger partial charge in [0.15, 0.2) is 5.70 Å². The number of carboxylic acid groups (broad SMARTS) is 1. The summed E-state index contributed by atoms with van der Waals surface area (Å²) < 4.78 is 1.60. The minimum Gasteiger partial charge on any atom is -0.476 e. The number of nitrogens with two attached hydrogens (primary N) is 1. The standard InChI is InChI=1S/C13H16N4O4S/c1-6(18)8-10(19)17-9(13(20)21)12(22-11(8)17)16-4-7(2-3-14)15-5-16/h4-6,8,11,18H,2-3,14H2,1H3,(H,20,21)/t6-,8+,11-/m1/s1. The molecule has 0 unspecified atom stereocenters. The number of carbonyl (C=O) groups is 2. The number of aromatic nitrogens is 2. The minimum atomic E-state index is -1.17. The topological polar surface area (TPSA) is 122 Å². The largest absolute Gasteiger partial charge is 0.476 e. The first-order valence-corrected chi connectivity index (χ1v) is 7.72. The molecule has 0 spiro atoms. The molecular formula is C13H16N4O4S. The second-order valence-electron chi connectivity index (χ2n) is 5.25. The van der Waals surface area contributed by atoms with Crippen molar-refractivity contribution >= 4 is 28.7 Å². The molecule has 9 heteroatoms. The van der Waals surface area contributed by atoms with Crippen molar-refractivity contribution in [2.75, 3.05) is 6.54 Å². The zero-order valence-corrected chi connectivity index (χ0v) is 12.7. The highest BCUT2D eigenvalue weighted by atomic mass is 32.2. The average Bonchev–Trinajstić information content (AvgIpc) is 3.00. The SMILES string of the molecule is C[C@@H](O)[C@H]1C(=O)N2C(C(=O)O)=C(n3cnc(CCN)c3)S[C@H]12. The van der Waals surface area contributed by atoms with Gasteiger partial charge in [0, 0.05) is 12.6 Å². The Morgan fingerprint density at radius 2 is 2.32 bits per heavy atom.